The minimum Gasteiger partial charge on any atom is -0.505 e. The Labute approximate surface area is 191 Å². The lowest BCUT2D eigenvalue weighted by atomic mass is 10.2. The van der Waals surface area contributed by atoms with Crippen molar-refractivity contribution >= 4 is 69.3 Å². The maximum atomic E-state index is 12.7. The van der Waals surface area contributed by atoms with Crippen LogP contribution in [0.3, 0.4) is 0 Å². The van der Waals surface area contributed by atoms with E-state index in [-0.39, 0.29) is 33.7 Å². The molecule has 0 saturated carbocycles. The Kier molecular flexibility index (Phi) is 7.09. The van der Waals surface area contributed by atoms with Gasteiger partial charge in [0.25, 0.3) is 0 Å². The first kappa shape index (κ1) is 22.9. The molecule has 0 aromatic heterocycles. The second-order valence-corrected chi connectivity index (χ2v) is 8.46. The molecule has 0 bridgehead atoms. The predicted octanol–water partition coefficient (Wildman–Crippen LogP) is 4.38. The molecule has 3 rings (SSSR count). The third-order valence-corrected chi connectivity index (χ3v) is 6.08. The van der Waals surface area contributed by atoms with E-state index in [0.717, 1.165) is 11.8 Å². The number of hydrogen-bond acceptors (Lipinski definition) is 6. The van der Waals surface area contributed by atoms with Crippen molar-refractivity contribution in [2.75, 3.05) is 11.9 Å². The lowest BCUT2D eigenvalue weighted by Crippen LogP contribution is -2.33. The summed E-state index contributed by atoms with van der Waals surface area (Å²) in [6, 6.07) is 8.68. The number of nitrogens with zero attached hydrogens (tertiary/aromatic N) is 2. The van der Waals surface area contributed by atoms with Gasteiger partial charge in [0.2, 0.25) is 11.8 Å². The number of anilines is 1. The van der Waals surface area contributed by atoms with Gasteiger partial charge in [-0.15, -0.1) is 0 Å². The van der Waals surface area contributed by atoms with Crippen molar-refractivity contribution in [3.63, 3.8) is 0 Å². The molecule has 3 N–H and O–H groups in total. The molecule has 0 spiro atoms. The van der Waals surface area contributed by atoms with Crippen molar-refractivity contribution in [1.29, 1.82) is 0 Å². The summed E-state index contributed by atoms with van der Waals surface area (Å²) in [6.45, 7) is 2.13. The highest BCUT2D eigenvalue weighted by atomic mass is 35.5. The lowest BCUT2D eigenvalue weighted by molar-refractivity contribution is -0.128. The van der Waals surface area contributed by atoms with E-state index in [9.17, 15) is 19.5 Å². The van der Waals surface area contributed by atoms with Crippen molar-refractivity contribution in [3.8, 4) is 5.75 Å². The quantitative estimate of drug-likeness (QED) is 0.563. The molecule has 0 radical (unpaired) electrons. The number of aromatic hydroxyl groups is 1. The Morgan fingerprint density at radius 3 is 2.52 bits per heavy atom. The summed E-state index contributed by atoms with van der Waals surface area (Å²) < 4.78 is 0. The van der Waals surface area contributed by atoms with E-state index >= 15 is 0 Å². The molecule has 1 atom stereocenters. The van der Waals surface area contributed by atoms with Crippen LogP contribution >= 0.6 is 35.0 Å². The molecule has 0 aliphatic carbocycles. The van der Waals surface area contributed by atoms with Crippen molar-refractivity contribution in [2.45, 2.75) is 18.6 Å². The number of thioether (sulfide) groups is 1. The molecule has 11 heteroatoms. The fourth-order valence-corrected chi connectivity index (χ4v) is 4.55. The van der Waals surface area contributed by atoms with Crippen LogP contribution in [0.25, 0.3) is 0 Å². The van der Waals surface area contributed by atoms with E-state index in [0.29, 0.717) is 23.1 Å². The van der Waals surface area contributed by atoms with Crippen molar-refractivity contribution in [2.24, 2.45) is 4.99 Å². The second-order valence-electron chi connectivity index (χ2n) is 6.48. The van der Waals surface area contributed by atoms with E-state index in [1.165, 1.54) is 35.2 Å². The number of phenolic OH excluding ortho intramolecular Hbond substituents is 1. The molecule has 1 fully saturated rings. The number of nitrogens with one attached hydrogen (secondary N) is 1. The number of phenols is 1. The highest BCUT2D eigenvalue weighted by molar-refractivity contribution is 8.15. The third kappa shape index (κ3) is 5.30. The summed E-state index contributed by atoms with van der Waals surface area (Å²) in [6.07, 6.45) is -0.118. The van der Waals surface area contributed by atoms with Gasteiger partial charge >= 0.3 is 5.97 Å². The summed E-state index contributed by atoms with van der Waals surface area (Å²) in [5.74, 6) is -2.05. The Morgan fingerprint density at radius 2 is 1.90 bits per heavy atom. The molecule has 8 nitrogen and oxygen atoms in total. The summed E-state index contributed by atoms with van der Waals surface area (Å²) in [4.78, 5) is 42.1. The molecule has 2 aromatic rings. The van der Waals surface area contributed by atoms with Crippen molar-refractivity contribution in [1.82, 2.24) is 4.90 Å². The molecule has 1 heterocycles. The van der Waals surface area contributed by atoms with Crippen LogP contribution in [0, 0.1) is 0 Å². The van der Waals surface area contributed by atoms with Crippen LogP contribution in [0.4, 0.5) is 11.4 Å². The minimum absolute atomic E-state index is 0.0312. The number of rotatable bonds is 6. The number of hydrogen-bond donors (Lipinski definition) is 3. The molecule has 162 valence electrons. The van der Waals surface area contributed by atoms with Gasteiger partial charge in [-0.05, 0) is 37.3 Å². The summed E-state index contributed by atoms with van der Waals surface area (Å²) >= 11 is 13.0. The van der Waals surface area contributed by atoms with Crippen molar-refractivity contribution in [3.05, 3.63) is 52.0 Å². The number of carboxylic acid groups (broad SMARTS) is 1. The van der Waals surface area contributed by atoms with Crippen molar-refractivity contribution < 1.29 is 24.6 Å². The molecule has 31 heavy (non-hydrogen) atoms. The first-order valence-corrected chi connectivity index (χ1v) is 10.7. The van der Waals surface area contributed by atoms with Gasteiger partial charge in [0.05, 0.1) is 21.3 Å². The normalized spacial score (nSPS) is 17.3. The smallest absolute Gasteiger partial charge is 0.335 e. The monoisotopic (exact) mass is 481 g/mol. The summed E-state index contributed by atoms with van der Waals surface area (Å²) in [5, 5.41) is 21.1. The van der Waals surface area contributed by atoms with E-state index in [1.54, 1.807) is 13.0 Å². The van der Waals surface area contributed by atoms with E-state index in [1.807, 2.05) is 0 Å². The van der Waals surface area contributed by atoms with E-state index in [2.05, 4.69) is 10.3 Å². The summed E-state index contributed by atoms with van der Waals surface area (Å²) in [5.41, 5.74) is 0.731. The number of carbonyl (C=O) groups excluding carboxylic acids is 2. The lowest BCUT2D eigenvalue weighted by Gasteiger charge is -2.13. The summed E-state index contributed by atoms with van der Waals surface area (Å²) in [7, 11) is 0. The SMILES string of the molecule is CCN1C(=O)C(CC(=O)Nc2cccc(C(=O)O)c2)SC1=Nc1cc(Cl)c(O)c(Cl)c1. The van der Waals surface area contributed by atoms with Gasteiger partial charge in [-0.1, -0.05) is 41.0 Å². The first-order chi connectivity index (χ1) is 14.7. The standard InChI is InChI=1S/C20H17Cl2N3O5S/c1-2-25-18(28)15(9-16(26)23-11-5-3-4-10(6-11)19(29)30)31-20(25)24-12-7-13(21)17(27)14(22)8-12/h3-8,15,27H,2,9H2,1H3,(H,23,26)(H,29,30). The Morgan fingerprint density at radius 1 is 1.23 bits per heavy atom. The van der Waals surface area contributed by atoms with Gasteiger partial charge in [-0.25, -0.2) is 9.79 Å². The van der Waals surface area contributed by atoms with Crippen LogP contribution in [0.1, 0.15) is 23.7 Å². The molecule has 1 aliphatic rings. The number of amides is 2. The molecule has 1 saturated heterocycles. The zero-order valence-electron chi connectivity index (χ0n) is 16.1. The Bertz CT molecular complexity index is 1070. The molecule has 1 unspecified atom stereocenters. The van der Waals surface area contributed by atoms with Gasteiger partial charge in [-0.3, -0.25) is 14.5 Å². The highest BCUT2D eigenvalue weighted by Crippen LogP contribution is 2.37. The fourth-order valence-electron chi connectivity index (χ4n) is 2.85. The maximum absolute atomic E-state index is 12.7. The molecular weight excluding hydrogens is 465 g/mol. The van der Waals surface area contributed by atoms with Crippen LogP contribution in [0.5, 0.6) is 5.75 Å². The maximum Gasteiger partial charge on any atom is 0.335 e. The number of carbonyl (C=O) groups is 3. The van der Waals surface area contributed by atoms with Crippen LogP contribution in [-0.2, 0) is 9.59 Å². The van der Waals surface area contributed by atoms with Crippen LogP contribution in [0.15, 0.2) is 41.4 Å². The van der Waals surface area contributed by atoms with Gasteiger partial charge in [0.1, 0.15) is 5.25 Å². The van der Waals surface area contributed by atoms with Crippen LogP contribution in [0.2, 0.25) is 10.0 Å². The topological polar surface area (TPSA) is 119 Å². The fraction of sp³-hybridized carbons (Fsp3) is 0.200. The second kappa shape index (κ2) is 9.59. The predicted molar refractivity (Wildman–Crippen MR) is 121 cm³/mol. The van der Waals surface area contributed by atoms with Gasteiger partial charge in [0, 0.05) is 18.7 Å². The zero-order chi connectivity index (χ0) is 22.7. The molecule has 2 aromatic carbocycles. The van der Waals surface area contributed by atoms with E-state index in [4.69, 9.17) is 28.3 Å². The average Bonchev–Trinajstić information content (AvgIpc) is 3.00. The van der Waals surface area contributed by atoms with Gasteiger partial charge in [0.15, 0.2) is 10.9 Å². The van der Waals surface area contributed by atoms with Gasteiger partial charge < -0.3 is 15.5 Å². The Hall–Kier alpha value is -2.75. The number of benzene rings is 2. The number of amidine groups is 1. The zero-order valence-corrected chi connectivity index (χ0v) is 18.5. The van der Waals surface area contributed by atoms with E-state index < -0.39 is 17.1 Å². The number of carboxylic acids is 1. The van der Waals surface area contributed by atoms with Crippen LogP contribution < -0.4 is 5.32 Å². The number of aromatic carboxylic acids is 1. The van der Waals surface area contributed by atoms with Gasteiger partial charge in [-0.2, -0.15) is 0 Å². The number of halogens is 2. The molecule has 1 aliphatic heterocycles. The largest absolute Gasteiger partial charge is 0.505 e. The molecular formula is C20H17Cl2N3O5S. The number of aliphatic imine (C=N–C) groups is 1. The highest BCUT2D eigenvalue weighted by Gasteiger charge is 2.38. The first-order valence-electron chi connectivity index (χ1n) is 9.07. The minimum atomic E-state index is -1.11. The average molecular weight is 482 g/mol. The third-order valence-electron chi connectivity index (χ3n) is 4.33. The molecule has 2 amide bonds. The van der Waals surface area contributed by atoms with Crippen LogP contribution in [-0.4, -0.2) is 49.9 Å². The Balaban J connectivity index is 1.74.